The van der Waals surface area contributed by atoms with Gasteiger partial charge >= 0.3 is 0 Å². The van der Waals surface area contributed by atoms with Gasteiger partial charge in [-0.3, -0.25) is 9.97 Å². The van der Waals surface area contributed by atoms with Crippen LogP contribution in [0.25, 0.3) is 10.9 Å². The molecule has 1 aliphatic heterocycles. The number of rotatable bonds is 3. The van der Waals surface area contributed by atoms with E-state index in [2.05, 4.69) is 45.6 Å². The van der Waals surface area contributed by atoms with Crippen LogP contribution >= 0.6 is 0 Å². The van der Waals surface area contributed by atoms with Crippen molar-refractivity contribution < 1.29 is 4.74 Å². The molecule has 4 heteroatoms. The quantitative estimate of drug-likeness (QED) is 0.799. The van der Waals surface area contributed by atoms with Crippen LogP contribution in [0, 0.1) is 0 Å². The first-order valence-electron chi connectivity index (χ1n) is 6.97. The molecule has 0 bridgehead atoms. The maximum absolute atomic E-state index is 5.45. The van der Waals surface area contributed by atoms with Gasteiger partial charge in [-0.2, -0.15) is 0 Å². The molecule has 0 radical (unpaired) electrons. The summed E-state index contributed by atoms with van der Waals surface area (Å²) in [5.41, 5.74) is 3.01. The first-order chi connectivity index (χ1) is 10.4. The molecule has 1 fully saturated rings. The number of aromatic nitrogens is 2. The number of anilines is 1. The molecule has 1 saturated heterocycles. The number of pyridine rings is 2. The zero-order chi connectivity index (χ0) is 14.1. The molecule has 3 aromatic rings. The molecular weight excluding hydrogens is 262 g/mol. The molecule has 104 valence electrons. The van der Waals surface area contributed by atoms with E-state index in [1.807, 2.05) is 24.5 Å². The van der Waals surface area contributed by atoms with Gasteiger partial charge in [-0.1, -0.05) is 18.2 Å². The molecule has 2 aromatic heterocycles. The second kappa shape index (κ2) is 4.82. The Hall–Kier alpha value is -2.46. The van der Waals surface area contributed by atoms with Gasteiger partial charge in [0.15, 0.2) is 0 Å². The minimum absolute atomic E-state index is 0.184. The molecule has 0 unspecified atom stereocenters. The predicted molar refractivity (Wildman–Crippen MR) is 82.1 cm³/mol. The second-order valence-corrected chi connectivity index (χ2v) is 5.35. The molecule has 0 spiro atoms. The smallest absolute Gasteiger partial charge is 0.111 e. The van der Waals surface area contributed by atoms with Crippen LogP contribution in [0.15, 0.2) is 61.1 Å². The summed E-state index contributed by atoms with van der Waals surface area (Å²) in [6.07, 6.45) is 5.50. The number of benzene rings is 1. The minimum atomic E-state index is -0.184. The molecule has 0 saturated carbocycles. The highest BCUT2D eigenvalue weighted by Gasteiger charge is 2.40. The third-order valence-corrected chi connectivity index (χ3v) is 3.90. The van der Waals surface area contributed by atoms with Crippen molar-refractivity contribution in [3.05, 3.63) is 66.6 Å². The molecule has 1 aromatic carbocycles. The van der Waals surface area contributed by atoms with E-state index in [1.165, 1.54) is 0 Å². The topological polar surface area (TPSA) is 47.0 Å². The summed E-state index contributed by atoms with van der Waals surface area (Å²) in [6.45, 7) is 1.30. The highest BCUT2D eigenvalue weighted by Crippen LogP contribution is 2.33. The molecule has 0 atom stereocenters. The van der Waals surface area contributed by atoms with Gasteiger partial charge in [0.2, 0.25) is 0 Å². The summed E-state index contributed by atoms with van der Waals surface area (Å²) in [5, 5.41) is 4.74. The fraction of sp³-hybridized carbons (Fsp3) is 0.176. The van der Waals surface area contributed by atoms with Gasteiger partial charge in [0.05, 0.1) is 18.7 Å². The standard InChI is InChI=1S/C17H15N3O/c1-3-13-5-6-15(9-16(13)19-8-1)20-17(11-21-12-17)14-4-2-7-18-10-14/h1-10,20H,11-12H2. The monoisotopic (exact) mass is 277 g/mol. The van der Waals surface area contributed by atoms with Gasteiger partial charge in [0, 0.05) is 35.2 Å². The third-order valence-electron chi connectivity index (χ3n) is 3.90. The Labute approximate surface area is 122 Å². The van der Waals surface area contributed by atoms with Gasteiger partial charge in [-0.05, 0) is 24.3 Å². The van der Waals surface area contributed by atoms with E-state index in [4.69, 9.17) is 4.74 Å². The summed E-state index contributed by atoms with van der Waals surface area (Å²) in [7, 11) is 0. The average Bonchev–Trinajstić information content (AvgIpc) is 2.51. The predicted octanol–water partition coefficient (Wildman–Crippen LogP) is 2.97. The minimum Gasteiger partial charge on any atom is -0.376 e. The van der Waals surface area contributed by atoms with E-state index in [0.717, 1.165) is 22.2 Å². The summed E-state index contributed by atoms with van der Waals surface area (Å²) in [5.74, 6) is 0. The molecule has 1 aliphatic rings. The van der Waals surface area contributed by atoms with Crippen molar-refractivity contribution in [3.63, 3.8) is 0 Å². The van der Waals surface area contributed by atoms with Crippen LogP contribution in [-0.2, 0) is 10.3 Å². The summed E-state index contributed by atoms with van der Waals surface area (Å²) < 4.78 is 5.45. The fourth-order valence-electron chi connectivity index (χ4n) is 2.68. The van der Waals surface area contributed by atoms with Gasteiger partial charge in [0.25, 0.3) is 0 Å². The fourth-order valence-corrected chi connectivity index (χ4v) is 2.68. The molecule has 4 nitrogen and oxygen atoms in total. The van der Waals surface area contributed by atoms with Crippen molar-refractivity contribution in [1.82, 2.24) is 9.97 Å². The van der Waals surface area contributed by atoms with E-state index < -0.39 is 0 Å². The van der Waals surface area contributed by atoms with Crippen LogP contribution in [0.4, 0.5) is 5.69 Å². The Morgan fingerprint density at radius 3 is 2.71 bits per heavy atom. The first kappa shape index (κ1) is 12.3. The number of hydrogen-bond donors (Lipinski definition) is 1. The summed E-state index contributed by atoms with van der Waals surface area (Å²) >= 11 is 0. The maximum Gasteiger partial charge on any atom is 0.111 e. The number of hydrogen-bond acceptors (Lipinski definition) is 4. The Morgan fingerprint density at radius 2 is 1.95 bits per heavy atom. The Morgan fingerprint density at radius 1 is 1.05 bits per heavy atom. The van der Waals surface area contributed by atoms with E-state index >= 15 is 0 Å². The van der Waals surface area contributed by atoms with E-state index in [-0.39, 0.29) is 5.54 Å². The van der Waals surface area contributed by atoms with E-state index in [9.17, 15) is 0 Å². The lowest BCUT2D eigenvalue weighted by Gasteiger charge is -2.43. The summed E-state index contributed by atoms with van der Waals surface area (Å²) in [6, 6.07) is 14.3. The molecule has 4 rings (SSSR count). The number of nitrogens with one attached hydrogen (secondary N) is 1. The highest BCUT2D eigenvalue weighted by atomic mass is 16.5. The van der Waals surface area contributed by atoms with Gasteiger partial charge in [-0.25, -0.2) is 0 Å². The molecule has 1 N–H and O–H groups in total. The second-order valence-electron chi connectivity index (χ2n) is 5.35. The molecule has 0 amide bonds. The number of fused-ring (bicyclic) bond motifs is 1. The van der Waals surface area contributed by atoms with Crippen LogP contribution < -0.4 is 5.32 Å². The Balaban J connectivity index is 1.69. The van der Waals surface area contributed by atoms with Crippen molar-refractivity contribution in [2.45, 2.75) is 5.54 Å². The van der Waals surface area contributed by atoms with Gasteiger partial charge < -0.3 is 10.1 Å². The zero-order valence-electron chi connectivity index (χ0n) is 11.5. The highest BCUT2D eigenvalue weighted by molar-refractivity contribution is 5.82. The van der Waals surface area contributed by atoms with Crippen molar-refractivity contribution in [3.8, 4) is 0 Å². The van der Waals surface area contributed by atoms with Crippen LogP contribution in [0.1, 0.15) is 5.56 Å². The SMILES string of the molecule is c1cncc(C2(Nc3ccc4cccnc4c3)COC2)c1. The van der Waals surface area contributed by atoms with Crippen LogP contribution in [-0.4, -0.2) is 23.2 Å². The average molecular weight is 277 g/mol. The largest absolute Gasteiger partial charge is 0.376 e. The van der Waals surface area contributed by atoms with Gasteiger partial charge in [-0.15, -0.1) is 0 Å². The lowest BCUT2D eigenvalue weighted by molar-refractivity contribution is -0.0448. The van der Waals surface area contributed by atoms with E-state index in [0.29, 0.717) is 13.2 Å². The van der Waals surface area contributed by atoms with Crippen molar-refractivity contribution >= 4 is 16.6 Å². The Kier molecular flexibility index (Phi) is 2.82. The number of nitrogens with zero attached hydrogens (tertiary/aromatic N) is 2. The van der Waals surface area contributed by atoms with Crippen molar-refractivity contribution in [1.29, 1.82) is 0 Å². The lowest BCUT2D eigenvalue weighted by Crippen LogP contribution is -2.53. The Bertz CT molecular complexity index is 769. The molecular formula is C17H15N3O. The van der Waals surface area contributed by atoms with Crippen molar-refractivity contribution in [2.24, 2.45) is 0 Å². The van der Waals surface area contributed by atoms with E-state index in [1.54, 1.807) is 6.20 Å². The summed E-state index contributed by atoms with van der Waals surface area (Å²) in [4.78, 5) is 8.62. The molecule has 3 heterocycles. The van der Waals surface area contributed by atoms with Crippen LogP contribution in [0.5, 0.6) is 0 Å². The first-order valence-corrected chi connectivity index (χ1v) is 6.97. The van der Waals surface area contributed by atoms with Crippen LogP contribution in [0.3, 0.4) is 0 Å². The van der Waals surface area contributed by atoms with Gasteiger partial charge in [0.1, 0.15) is 5.54 Å². The lowest BCUT2D eigenvalue weighted by atomic mass is 9.89. The normalized spacial score (nSPS) is 16.4. The maximum atomic E-state index is 5.45. The third kappa shape index (κ3) is 2.14. The van der Waals surface area contributed by atoms with Crippen molar-refractivity contribution in [2.75, 3.05) is 18.5 Å². The molecule has 21 heavy (non-hydrogen) atoms. The number of ether oxygens (including phenoxy) is 1. The molecule has 0 aliphatic carbocycles. The van der Waals surface area contributed by atoms with Crippen LogP contribution in [0.2, 0.25) is 0 Å². The zero-order valence-corrected chi connectivity index (χ0v) is 11.5.